The Morgan fingerprint density at radius 2 is 1.85 bits per heavy atom. The topological polar surface area (TPSA) is 52.6 Å². The van der Waals surface area contributed by atoms with Gasteiger partial charge in [0.25, 0.3) is 0 Å². The fourth-order valence-corrected chi connectivity index (χ4v) is 5.45. The molecule has 2 aliphatic carbocycles. The Morgan fingerprint density at radius 3 is 2.62 bits per heavy atom. The molecule has 140 valence electrons. The number of rotatable bonds is 5. The fraction of sp³-hybridized carbons (Fsp3) is 0.636. The molecule has 0 amide bonds. The highest BCUT2D eigenvalue weighted by molar-refractivity contribution is 5.82. The molecule has 3 aliphatic rings. The Morgan fingerprint density at radius 1 is 1.08 bits per heavy atom. The van der Waals surface area contributed by atoms with Gasteiger partial charge in [-0.15, -0.1) is 0 Å². The van der Waals surface area contributed by atoms with Crippen LogP contribution in [0.4, 0.5) is 0 Å². The summed E-state index contributed by atoms with van der Waals surface area (Å²) in [5, 5.41) is 0. The van der Waals surface area contributed by atoms with Crippen LogP contribution in [0, 0.1) is 11.3 Å². The van der Waals surface area contributed by atoms with E-state index >= 15 is 0 Å². The molecule has 2 atom stereocenters. The number of hydrogen-bond donors (Lipinski definition) is 0. The van der Waals surface area contributed by atoms with Crippen LogP contribution in [0.2, 0.25) is 0 Å². The molecule has 2 bridgehead atoms. The lowest BCUT2D eigenvalue weighted by molar-refractivity contribution is -0.160. The molecule has 0 radical (unpaired) electrons. The highest BCUT2D eigenvalue weighted by atomic mass is 16.6. The van der Waals surface area contributed by atoms with Crippen LogP contribution in [-0.4, -0.2) is 17.5 Å². The van der Waals surface area contributed by atoms with Gasteiger partial charge in [0.05, 0.1) is 11.8 Å². The van der Waals surface area contributed by atoms with Crippen molar-refractivity contribution in [3.05, 3.63) is 35.9 Å². The molecule has 2 saturated carbocycles. The third kappa shape index (κ3) is 3.26. The second-order valence-electron chi connectivity index (χ2n) is 8.42. The van der Waals surface area contributed by atoms with Gasteiger partial charge in [-0.3, -0.25) is 9.59 Å². The van der Waals surface area contributed by atoms with E-state index in [1.54, 1.807) is 0 Å². The zero-order valence-corrected chi connectivity index (χ0v) is 15.4. The highest BCUT2D eigenvalue weighted by Gasteiger charge is 2.62. The second kappa shape index (κ2) is 7.05. The Hall–Kier alpha value is -1.84. The summed E-state index contributed by atoms with van der Waals surface area (Å²) in [4.78, 5) is 25.3. The molecular formula is C22H28O4. The predicted octanol–water partition coefficient (Wildman–Crippen LogP) is 4.56. The van der Waals surface area contributed by atoms with Crippen LogP contribution in [0.3, 0.4) is 0 Å². The largest absolute Gasteiger partial charge is 0.461 e. The Kier molecular flexibility index (Phi) is 4.76. The molecule has 1 aromatic rings. The van der Waals surface area contributed by atoms with Crippen molar-refractivity contribution in [1.82, 2.24) is 0 Å². The van der Waals surface area contributed by atoms with E-state index in [0.29, 0.717) is 12.3 Å². The average molecular weight is 356 g/mol. The summed E-state index contributed by atoms with van der Waals surface area (Å²) in [6.07, 6.45) is 9.55. The van der Waals surface area contributed by atoms with Gasteiger partial charge in [0.2, 0.25) is 0 Å². The van der Waals surface area contributed by atoms with Gasteiger partial charge in [0.1, 0.15) is 12.2 Å². The smallest absolute Gasteiger partial charge is 0.313 e. The summed E-state index contributed by atoms with van der Waals surface area (Å²) < 4.78 is 11.4. The lowest BCUT2D eigenvalue weighted by atomic mass is 9.60. The van der Waals surface area contributed by atoms with Crippen molar-refractivity contribution >= 4 is 11.9 Å². The van der Waals surface area contributed by atoms with Crippen LogP contribution in [-0.2, 0) is 25.7 Å². The summed E-state index contributed by atoms with van der Waals surface area (Å²) in [7, 11) is 0. The number of ether oxygens (including phenoxy) is 2. The van der Waals surface area contributed by atoms with Crippen LogP contribution < -0.4 is 0 Å². The summed E-state index contributed by atoms with van der Waals surface area (Å²) in [5.74, 6) is 0.132. The minimum atomic E-state index is -0.624. The Bertz CT molecular complexity index is 664. The molecule has 0 aromatic heterocycles. The molecule has 4 nitrogen and oxygen atoms in total. The standard InChI is InChI=1S/C22H28O4/c23-19(25-15-17-8-3-1-4-9-17)14-21-12-7-13-22(16-21,20(24)26-21)18-10-5-2-6-11-18/h1,3-4,8-9,18H,2,5-7,10-16H2/t21?,22-/m1/s1. The average Bonchev–Trinajstić information content (AvgIpc) is 2.87. The van der Waals surface area contributed by atoms with Crippen LogP contribution in [0.15, 0.2) is 30.3 Å². The van der Waals surface area contributed by atoms with E-state index in [9.17, 15) is 9.59 Å². The number of hydrogen-bond acceptors (Lipinski definition) is 4. The monoisotopic (exact) mass is 356 g/mol. The van der Waals surface area contributed by atoms with Gasteiger partial charge in [-0.2, -0.15) is 0 Å². The highest BCUT2D eigenvalue weighted by Crippen LogP contribution is 2.58. The molecule has 3 fully saturated rings. The van der Waals surface area contributed by atoms with E-state index in [4.69, 9.17) is 9.47 Å². The molecule has 1 saturated heterocycles. The molecule has 1 unspecified atom stereocenters. The Balaban J connectivity index is 1.41. The van der Waals surface area contributed by atoms with Crippen molar-refractivity contribution in [3.63, 3.8) is 0 Å². The minimum Gasteiger partial charge on any atom is -0.461 e. The fourth-order valence-electron chi connectivity index (χ4n) is 5.45. The first-order valence-electron chi connectivity index (χ1n) is 10.1. The van der Waals surface area contributed by atoms with E-state index < -0.39 is 5.60 Å². The molecule has 4 heteroatoms. The van der Waals surface area contributed by atoms with Crippen LogP contribution >= 0.6 is 0 Å². The van der Waals surface area contributed by atoms with Gasteiger partial charge in [-0.05, 0) is 43.6 Å². The molecule has 1 aromatic carbocycles. The maximum absolute atomic E-state index is 12.9. The first-order valence-corrected chi connectivity index (χ1v) is 10.1. The molecule has 4 rings (SSSR count). The van der Waals surface area contributed by atoms with Crippen molar-refractivity contribution in [2.24, 2.45) is 11.3 Å². The van der Waals surface area contributed by atoms with Gasteiger partial charge in [-0.25, -0.2) is 0 Å². The van der Waals surface area contributed by atoms with E-state index in [1.807, 2.05) is 30.3 Å². The van der Waals surface area contributed by atoms with Crippen molar-refractivity contribution in [3.8, 4) is 0 Å². The second-order valence-corrected chi connectivity index (χ2v) is 8.42. The summed E-state index contributed by atoms with van der Waals surface area (Å²) in [5.41, 5.74) is 0.0146. The molecule has 1 aliphatic heterocycles. The van der Waals surface area contributed by atoms with E-state index in [2.05, 4.69) is 0 Å². The SMILES string of the molecule is O=C(CC12CCC[C@](C3CCCCC3)(C1)C(=O)O2)OCc1ccccc1. The lowest BCUT2D eigenvalue weighted by Crippen LogP contribution is -2.41. The normalized spacial score (nSPS) is 31.5. The van der Waals surface area contributed by atoms with Crippen LogP contribution in [0.1, 0.15) is 69.8 Å². The number of fused-ring (bicyclic) bond motifs is 2. The number of carbonyl (C=O) groups excluding carboxylic acids is 2. The quantitative estimate of drug-likeness (QED) is 0.726. The predicted molar refractivity (Wildman–Crippen MR) is 97.2 cm³/mol. The van der Waals surface area contributed by atoms with E-state index in [0.717, 1.165) is 37.7 Å². The van der Waals surface area contributed by atoms with Gasteiger partial charge in [0, 0.05) is 6.42 Å². The Labute approximate surface area is 155 Å². The van der Waals surface area contributed by atoms with Gasteiger partial charge < -0.3 is 9.47 Å². The molecule has 1 heterocycles. The van der Waals surface area contributed by atoms with E-state index in [1.165, 1.54) is 19.3 Å². The zero-order valence-electron chi connectivity index (χ0n) is 15.4. The summed E-state index contributed by atoms with van der Waals surface area (Å²) >= 11 is 0. The minimum absolute atomic E-state index is 0.0437. The van der Waals surface area contributed by atoms with Crippen LogP contribution in [0.25, 0.3) is 0 Å². The third-order valence-corrected chi connectivity index (χ3v) is 6.70. The molecule has 26 heavy (non-hydrogen) atoms. The van der Waals surface area contributed by atoms with Crippen molar-refractivity contribution in [2.45, 2.75) is 76.4 Å². The maximum atomic E-state index is 12.9. The zero-order chi connectivity index (χ0) is 18.0. The summed E-state index contributed by atoms with van der Waals surface area (Å²) in [6.45, 7) is 0.275. The number of benzene rings is 1. The number of carbonyl (C=O) groups is 2. The third-order valence-electron chi connectivity index (χ3n) is 6.70. The first-order chi connectivity index (χ1) is 12.6. The van der Waals surface area contributed by atoms with Gasteiger partial charge in [-0.1, -0.05) is 49.6 Å². The van der Waals surface area contributed by atoms with Crippen molar-refractivity contribution in [1.29, 1.82) is 0 Å². The molecule has 0 spiro atoms. The molecule has 0 N–H and O–H groups in total. The first kappa shape index (κ1) is 17.6. The van der Waals surface area contributed by atoms with Gasteiger partial charge in [0.15, 0.2) is 0 Å². The van der Waals surface area contributed by atoms with Crippen molar-refractivity contribution < 1.29 is 19.1 Å². The van der Waals surface area contributed by atoms with E-state index in [-0.39, 0.29) is 30.4 Å². The maximum Gasteiger partial charge on any atom is 0.313 e. The number of esters is 2. The lowest BCUT2D eigenvalue weighted by Gasteiger charge is -2.40. The van der Waals surface area contributed by atoms with Crippen molar-refractivity contribution in [2.75, 3.05) is 0 Å². The summed E-state index contributed by atoms with van der Waals surface area (Å²) in [6, 6.07) is 9.68. The van der Waals surface area contributed by atoms with Crippen LogP contribution in [0.5, 0.6) is 0 Å². The molecular weight excluding hydrogens is 328 g/mol. The van der Waals surface area contributed by atoms with Gasteiger partial charge >= 0.3 is 11.9 Å².